The van der Waals surface area contributed by atoms with E-state index in [1.807, 2.05) is 30.3 Å². The summed E-state index contributed by atoms with van der Waals surface area (Å²) in [6.07, 6.45) is 7.00. The maximum atomic E-state index is 13.6. The van der Waals surface area contributed by atoms with E-state index in [1.165, 1.54) is 6.07 Å². The van der Waals surface area contributed by atoms with Crippen LogP contribution in [-0.4, -0.2) is 30.1 Å². The van der Waals surface area contributed by atoms with Gasteiger partial charge in [0, 0.05) is 45.4 Å². The third kappa shape index (κ3) is 2.69. The van der Waals surface area contributed by atoms with E-state index in [4.69, 9.17) is 0 Å². The third-order valence-electron chi connectivity index (χ3n) is 5.05. The molecule has 0 saturated carbocycles. The van der Waals surface area contributed by atoms with Gasteiger partial charge in [-0.25, -0.2) is 4.98 Å². The molecule has 0 aromatic carbocycles. The fourth-order valence-electron chi connectivity index (χ4n) is 3.63. The Morgan fingerprint density at radius 2 is 1.80 bits per heavy atom. The molecule has 0 aliphatic rings. The van der Waals surface area contributed by atoms with Crippen molar-refractivity contribution >= 4 is 33.3 Å². The smallest absolute Gasteiger partial charge is 0.176 e. The molecule has 8 heteroatoms. The largest absolute Gasteiger partial charge is 0.338 e. The fraction of sp³-hybridized carbons (Fsp3) is 0. The number of nitrogens with zero attached hydrogens (tertiary/aromatic N) is 4. The lowest BCUT2D eigenvalue weighted by Crippen LogP contribution is -1.84. The van der Waals surface area contributed by atoms with Crippen molar-refractivity contribution in [1.82, 2.24) is 30.1 Å². The minimum absolute atomic E-state index is 0.208. The standard InChI is InChI=1S/C22H13FN6S/c23-20-2-1-19(30-20)13-5-8-25-22-14(13)9-17(27-22)21-15-10-16(12-3-6-24-7-4-12)26-11-18(15)28-29-21/h1-11H,(H,25,27)(H,28,29). The van der Waals surface area contributed by atoms with Crippen molar-refractivity contribution in [3.8, 4) is 33.1 Å². The number of fused-ring (bicyclic) bond motifs is 2. The Bertz CT molecular complexity index is 1520. The van der Waals surface area contributed by atoms with Gasteiger partial charge in [0.1, 0.15) is 11.3 Å². The Balaban J connectivity index is 1.52. The zero-order valence-electron chi connectivity index (χ0n) is 15.4. The van der Waals surface area contributed by atoms with Crippen LogP contribution in [-0.2, 0) is 0 Å². The highest BCUT2D eigenvalue weighted by molar-refractivity contribution is 7.14. The molecule has 0 saturated heterocycles. The molecule has 6 aromatic heterocycles. The topological polar surface area (TPSA) is 83.1 Å². The minimum Gasteiger partial charge on any atom is -0.338 e. The van der Waals surface area contributed by atoms with Crippen LogP contribution in [0.25, 0.3) is 55.0 Å². The second kappa shape index (κ2) is 6.57. The molecule has 6 aromatic rings. The summed E-state index contributed by atoms with van der Waals surface area (Å²) in [5, 5.41) is 9.22. The summed E-state index contributed by atoms with van der Waals surface area (Å²) < 4.78 is 13.6. The van der Waals surface area contributed by atoms with E-state index < -0.39 is 0 Å². The summed E-state index contributed by atoms with van der Waals surface area (Å²) in [6, 6.07) is 13.0. The highest BCUT2D eigenvalue weighted by Gasteiger charge is 2.16. The first-order chi connectivity index (χ1) is 14.8. The molecule has 6 rings (SSSR count). The summed E-state index contributed by atoms with van der Waals surface area (Å²) in [5.41, 5.74) is 5.96. The monoisotopic (exact) mass is 412 g/mol. The number of aromatic nitrogens is 6. The molecule has 6 heterocycles. The number of H-pyrrole nitrogens is 2. The Hall–Kier alpha value is -3.91. The van der Waals surface area contributed by atoms with Crippen molar-refractivity contribution in [1.29, 1.82) is 0 Å². The van der Waals surface area contributed by atoms with Crippen molar-refractivity contribution in [2.75, 3.05) is 0 Å². The van der Waals surface area contributed by atoms with Gasteiger partial charge in [-0.05, 0) is 42.5 Å². The summed E-state index contributed by atoms with van der Waals surface area (Å²) >= 11 is 1.12. The molecule has 0 fully saturated rings. The molecule has 0 bridgehead atoms. The number of thiophene rings is 1. The minimum atomic E-state index is -0.208. The van der Waals surface area contributed by atoms with Gasteiger partial charge in [0.05, 0.1) is 23.1 Å². The lowest BCUT2D eigenvalue weighted by Gasteiger charge is -2.00. The number of nitrogens with one attached hydrogen (secondary N) is 2. The first-order valence-corrected chi connectivity index (χ1v) is 10.1. The van der Waals surface area contributed by atoms with E-state index in [2.05, 4.69) is 30.1 Å². The average Bonchev–Trinajstić information content (AvgIpc) is 3.51. The Morgan fingerprint density at radius 3 is 2.63 bits per heavy atom. The fourth-order valence-corrected chi connectivity index (χ4v) is 4.40. The van der Waals surface area contributed by atoms with Crippen LogP contribution in [0.1, 0.15) is 0 Å². The summed E-state index contributed by atoms with van der Waals surface area (Å²) in [6.45, 7) is 0. The molecule has 0 aliphatic heterocycles. The first kappa shape index (κ1) is 17.0. The van der Waals surface area contributed by atoms with Crippen LogP contribution >= 0.6 is 11.3 Å². The molecule has 0 atom stereocenters. The van der Waals surface area contributed by atoms with Crippen LogP contribution in [0.2, 0.25) is 0 Å². The van der Waals surface area contributed by atoms with Crippen LogP contribution < -0.4 is 0 Å². The van der Waals surface area contributed by atoms with Gasteiger partial charge in [0.2, 0.25) is 0 Å². The van der Waals surface area contributed by atoms with E-state index in [-0.39, 0.29) is 5.13 Å². The lowest BCUT2D eigenvalue weighted by molar-refractivity contribution is 0.657. The zero-order valence-corrected chi connectivity index (χ0v) is 16.2. The van der Waals surface area contributed by atoms with Gasteiger partial charge in [-0.3, -0.25) is 15.1 Å². The van der Waals surface area contributed by atoms with Crippen molar-refractivity contribution in [2.24, 2.45) is 0 Å². The quantitative estimate of drug-likeness (QED) is 0.406. The third-order valence-corrected chi connectivity index (χ3v) is 5.96. The maximum absolute atomic E-state index is 13.6. The van der Waals surface area contributed by atoms with E-state index in [0.717, 1.165) is 66.4 Å². The van der Waals surface area contributed by atoms with Gasteiger partial charge in [-0.15, -0.1) is 11.3 Å². The molecule has 0 aliphatic carbocycles. The van der Waals surface area contributed by atoms with E-state index >= 15 is 0 Å². The molecule has 144 valence electrons. The van der Waals surface area contributed by atoms with Gasteiger partial charge in [0.15, 0.2) is 5.13 Å². The van der Waals surface area contributed by atoms with Gasteiger partial charge < -0.3 is 4.98 Å². The number of hydrogen-bond donors (Lipinski definition) is 2. The second-order valence-corrected chi connectivity index (χ2v) is 7.86. The molecule has 0 unspecified atom stereocenters. The number of hydrogen-bond acceptors (Lipinski definition) is 5. The Morgan fingerprint density at radius 1 is 0.900 bits per heavy atom. The van der Waals surface area contributed by atoms with Crippen molar-refractivity contribution in [3.05, 3.63) is 72.4 Å². The van der Waals surface area contributed by atoms with Gasteiger partial charge >= 0.3 is 0 Å². The van der Waals surface area contributed by atoms with Crippen LogP contribution in [0.3, 0.4) is 0 Å². The molecule has 0 radical (unpaired) electrons. The van der Waals surface area contributed by atoms with Crippen LogP contribution in [0.5, 0.6) is 0 Å². The van der Waals surface area contributed by atoms with Crippen LogP contribution in [0.15, 0.2) is 67.3 Å². The molecule has 30 heavy (non-hydrogen) atoms. The summed E-state index contributed by atoms with van der Waals surface area (Å²) in [5.74, 6) is 0. The summed E-state index contributed by atoms with van der Waals surface area (Å²) in [4.78, 5) is 17.3. The Kier molecular flexibility index (Phi) is 3.72. The maximum Gasteiger partial charge on any atom is 0.176 e. The summed E-state index contributed by atoms with van der Waals surface area (Å²) in [7, 11) is 0. The molecular formula is C22H13FN6S. The van der Waals surface area contributed by atoms with E-state index in [9.17, 15) is 4.39 Å². The molecule has 0 amide bonds. The molecule has 0 spiro atoms. The van der Waals surface area contributed by atoms with Crippen molar-refractivity contribution in [2.45, 2.75) is 0 Å². The lowest BCUT2D eigenvalue weighted by atomic mass is 10.1. The van der Waals surface area contributed by atoms with Gasteiger partial charge in [-0.2, -0.15) is 9.49 Å². The number of rotatable bonds is 3. The average molecular weight is 412 g/mol. The van der Waals surface area contributed by atoms with Crippen LogP contribution in [0.4, 0.5) is 4.39 Å². The zero-order chi connectivity index (χ0) is 20.1. The van der Waals surface area contributed by atoms with Crippen LogP contribution in [0, 0.1) is 5.13 Å². The Labute approximate surface area is 173 Å². The predicted molar refractivity (Wildman–Crippen MR) is 115 cm³/mol. The molecule has 6 nitrogen and oxygen atoms in total. The SMILES string of the molecule is Fc1ccc(-c2ccnc3[nH]c(-c4n[nH]c5cnc(-c6ccncc6)cc45)cc23)s1. The highest BCUT2D eigenvalue weighted by Crippen LogP contribution is 2.36. The van der Waals surface area contributed by atoms with Gasteiger partial charge in [0.25, 0.3) is 0 Å². The normalized spacial score (nSPS) is 11.5. The second-order valence-electron chi connectivity index (χ2n) is 6.83. The van der Waals surface area contributed by atoms with E-state index in [0.29, 0.717) is 0 Å². The molecule has 2 N–H and O–H groups in total. The predicted octanol–water partition coefficient (Wildman–Crippen LogP) is 5.43. The number of halogens is 1. The van der Waals surface area contributed by atoms with E-state index in [1.54, 1.807) is 30.9 Å². The number of aromatic amines is 2. The van der Waals surface area contributed by atoms with Gasteiger partial charge in [-0.1, -0.05) is 0 Å². The van der Waals surface area contributed by atoms with Crippen molar-refractivity contribution < 1.29 is 4.39 Å². The molecular weight excluding hydrogens is 399 g/mol. The van der Waals surface area contributed by atoms with Crippen molar-refractivity contribution in [3.63, 3.8) is 0 Å². The first-order valence-electron chi connectivity index (χ1n) is 9.24. The highest BCUT2D eigenvalue weighted by atomic mass is 32.1. The number of pyridine rings is 3.